The van der Waals surface area contributed by atoms with Gasteiger partial charge in [-0.05, 0) is 58.4 Å². The fraction of sp³-hybridized carbons (Fsp3) is 0.750. The van der Waals surface area contributed by atoms with Crippen LogP contribution in [0.5, 0.6) is 0 Å². The van der Waals surface area contributed by atoms with Crippen molar-refractivity contribution >= 4 is 5.97 Å². The Morgan fingerprint density at radius 1 is 1.32 bits per heavy atom. The molecule has 2 aliphatic rings. The van der Waals surface area contributed by atoms with Gasteiger partial charge in [-0.15, -0.1) is 0 Å². The average molecular weight is 306 g/mol. The van der Waals surface area contributed by atoms with Crippen molar-refractivity contribution in [1.29, 1.82) is 0 Å². The van der Waals surface area contributed by atoms with Crippen molar-refractivity contribution in [2.24, 2.45) is 0 Å². The third-order valence-corrected chi connectivity index (χ3v) is 5.03. The zero-order valence-corrected chi connectivity index (χ0v) is 13.3. The molecular weight excluding hydrogens is 280 g/mol. The van der Waals surface area contributed by atoms with Gasteiger partial charge in [0.15, 0.2) is 0 Å². The molecule has 1 N–H and O–H groups in total. The summed E-state index contributed by atoms with van der Waals surface area (Å²) in [4.78, 5) is 15.8. The van der Waals surface area contributed by atoms with Crippen molar-refractivity contribution in [2.45, 2.75) is 44.2 Å². The van der Waals surface area contributed by atoms with Gasteiger partial charge >= 0.3 is 5.97 Å². The number of nitrogens with zero attached hydrogens (tertiary/aromatic N) is 4. The number of likely N-dealkylation sites (tertiary alicyclic amines) is 2. The summed E-state index contributed by atoms with van der Waals surface area (Å²) in [5, 5.41) is 13.3. The molecule has 0 bridgehead atoms. The third-order valence-electron chi connectivity index (χ3n) is 5.03. The van der Waals surface area contributed by atoms with Gasteiger partial charge in [-0.2, -0.15) is 5.10 Å². The lowest BCUT2D eigenvalue weighted by molar-refractivity contribution is -0.137. The minimum Gasteiger partial charge on any atom is -0.480 e. The van der Waals surface area contributed by atoms with Crippen LogP contribution in [-0.2, 0) is 11.3 Å². The molecule has 6 heteroatoms. The maximum absolute atomic E-state index is 10.8. The number of carboxylic acids is 1. The molecule has 3 heterocycles. The fourth-order valence-corrected chi connectivity index (χ4v) is 3.76. The fourth-order valence-electron chi connectivity index (χ4n) is 3.76. The Morgan fingerprint density at radius 3 is 2.82 bits per heavy atom. The molecule has 1 aromatic heterocycles. The summed E-state index contributed by atoms with van der Waals surface area (Å²) in [6.07, 6.45) is 6.68. The average Bonchev–Trinajstić information content (AvgIpc) is 2.96. The van der Waals surface area contributed by atoms with Gasteiger partial charge in [-0.1, -0.05) is 0 Å². The summed E-state index contributed by atoms with van der Waals surface area (Å²) in [5.74, 6) is -0.394. The van der Waals surface area contributed by atoms with Gasteiger partial charge < -0.3 is 10.0 Å². The van der Waals surface area contributed by atoms with Crippen LogP contribution in [0.2, 0.25) is 0 Å². The Kier molecular flexibility index (Phi) is 4.78. The van der Waals surface area contributed by atoms with Crippen LogP contribution >= 0.6 is 0 Å². The second-order valence-corrected chi connectivity index (χ2v) is 6.70. The molecule has 1 atom stereocenters. The first-order valence-electron chi connectivity index (χ1n) is 8.29. The predicted octanol–water partition coefficient (Wildman–Crippen LogP) is 1.24. The van der Waals surface area contributed by atoms with Crippen molar-refractivity contribution in [3.63, 3.8) is 0 Å². The van der Waals surface area contributed by atoms with E-state index in [0.717, 1.165) is 18.7 Å². The van der Waals surface area contributed by atoms with E-state index in [-0.39, 0.29) is 6.54 Å². The minimum atomic E-state index is -0.841. The molecule has 3 rings (SSSR count). The molecule has 0 aliphatic carbocycles. The number of rotatable bonds is 4. The summed E-state index contributed by atoms with van der Waals surface area (Å²) in [6, 6.07) is 2.70. The van der Waals surface area contributed by atoms with E-state index in [2.05, 4.69) is 21.9 Å². The van der Waals surface area contributed by atoms with E-state index in [4.69, 9.17) is 5.11 Å². The second kappa shape index (κ2) is 6.79. The third kappa shape index (κ3) is 3.67. The second-order valence-electron chi connectivity index (χ2n) is 6.70. The topological polar surface area (TPSA) is 61.6 Å². The van der Waals surface area contributed by atoms with E-state index in [1.807, 2.05) is 6.07 Å². The van der Waals surface area contributed by atoms with Gasteiger partial charge in [0.1, 0.15) is 6.54 Å². The first-order valence-corrected chi connectivity index (χ1v) is 8.29. The van der Waals surface area contributed by atoms with Crippen LogP contribution in [0.15, 0.2) is 12.3 Å². The molecule has 2 aliphatic heterocycles. The predicted molar refractivity (Wildman–Crippen MR) is 83.9 cm³/mol. The number of hydrogen-bond acceptors (Lipinski definition) is 4. The molecule has 122 valence electrons. The van der Waals surface area contributed by atoms with Crippen LogP contribution in [0.3, 0.4) is 0 Å². The number of hydrogen-bond donors (Lipinski definition) is 1. The smallest absolute Gasteiger partial charge is 0.325 e. The summed E-state index contributed by atoms with van der Waals surface area (Å²) in [5.41, 5.74) is 1.05. The van der Waals surface area contributed by atoms with E-state index in [1.54, 1.807) is 6.20 Å². The highest BCUT2D eigenvalue weighted by Gasteiger charge is 2.29. The van der Waals surface area contributed by atoms with Crippen molar-refractivity contribution < 1.29 is 9.90 Å². The Bertz CT molecular complexity index is 508. The maximum atomic E-state index is 10.8. The SMILES string of the molecule is CN1CCC(N2CCCC(c3ccn(CC(=O)O)n3)C2)CC1. The molecule has 0 spiro atoms. The van der Waals surface area contributed by atoms with Crippen LogP contribution < -0.4 is 0 Å². The van der Waals surface area contributed by atoms with Crippen molar-refractivity contribution in [3.05, 3.63) is 18.0 Å². The molecule has 0 saturated carbocycles. The van der Waals surface area contributed by atoms with Gasteiger partial charge in [-0.25, -0.2) is 0 Å². The molecule has 1 unspecified atom stereocenters. The maximum Gasteiger partial charge on any atom is 0.325 e. The molecule has 2 fully saturated rings. The van der Waals surface area contributed by atoms with Crippen LogP contribution in [0.25, 0.3) is 0 Å². The molecule has 22 heavy (non-hydrogen) atoms. The monoisotopic (exact) mass is 306 g/mol. The van der Waals surface area contributed by atoms with E-state index in [1.165, 1.54) is 43.6 Å². The van der Waals surface area contributed by atoms with E-state index in [0.29, 0.717) is 12.0 Å². The highest BCUT2D eigenvalue weighted by molar-refractivity contribution is 5.66. The van der Waals surface area contributed by atoms with Crippen molar-refractivity contribution in [2.75, 3.05) is 33.2 Å². The molecule has 0 amide bonds. The molecule has 6 nitrogen and oxygen atoms in total. The van der Waals surface area contributed by atoms with Crippen molar-refractivity contribution in [3.8, 4) is 0 Å². The summed E-state index contributed by atoms with van der Waals surface area (Å²) in [6.45, 7) is 4.60. The first-order chi connectivity index (χ1) is 10.6. The normalized spacial score (nSPS) is 25.4. The van der Waals surface area contributed by atoms with Gasteiger partial charge in [0.05, 0.1) is 5.69 Å². The largest absolute Gasteiger partial charge is 0.480 e. The summed E-state index contributed by atoms with van der Waals surface area (Å²) >= 11 is 0. The highest BCUT2D eigenvalue weighted by atomic mass is 16.4. The quantitative estimate of drug-likeness (QED) is 0.907. The van der Waals surface area contributed by atoms with E-state index in [9.17, 15) is 4.79 Å². The first kappa shape index (κ1) is 15.5. The molecular formula is C16H26N4O2. The molecule has 1 aromatic rings. The minimum absolute atomic E-state index is 0.0502. The number of aromatic nitrogens is 2. The Morgan fingerprint density at radius 2 is 2.09 bits per heavy atom. The van der Waals surface area contributed by atoms with Crippen LogP contribution in [-0.4, -0.2) is 69.9 Å². The number of piperidine rings is 2. The van der Waals surface area contributed by atoms with E-state index < -0.39 is 5.97 Å². The van der Waals surface area contributed by atoms with E-state index >= 15 is 0 Å². The van der Waals surface area contributed by atoms with Gasteiger partial charge in [0.2, 0.25) is 0 Å². The lowest BCUT2D eigenvalue weighted by atomic mass is 9.92. The number of aliphatic carboxylic acids is 1. The van der Waals surface area contributed by atoms with Crippen molar-refractivity contribution in [1.82, 2.24) is 19.6 Å². The number of carbonyl (C=O) groups is 1. The van der Waals surface area contributed by atoms with Crippen LogP contribution in [0, 0.1) is 0 Å². The zero-order chi connectivity index (χ0) is 15.5. The number of carboxylic acid groups (broad SMARTS) is 1. The molecule has 0 radical (unpaired) electrons. The lowest BCUT2D eigenvalue weighted by Gasteiger charge is -2.41. The van der Waals surface area contributed by atoms with Gasteiger partial charge in [-0.3, -0.25) is 14.4 Å². The molecule has 0 aromatic carbocycles. The van der Waals surface area contributed by atoms with Crippen LogP contribution in [0.1, 0.15) is 37.3 Å². The molecule has 2 saturated heterocycles. The van der Waals surface area contributed by atoms with Gasteiger partial charge in [0, 0.05) is 24.7 Å². The lowest BCUT2D eigenvalue weighted by Crippen LogP contribution is -2.47. The Balaban J connectivity index is 1.60. The Hall–Kier alpha value is -1.40. The van der Waals surface area contributed by atoms with Gasteiger partial charge in [0.25, 0.3) is 0 Å². The summed E-state index contributed by atoms with van der Waals surface area (Å²) < 4.78 is 1.53. The summed E-state index contributed by atoms with van der Waals surface area (Å²) in [7, 11) is 2.20. The van der Waals surface area contributed by atoms with Crippen LogP contribution in [0.4, 0.5) is 0 Å². The Labute approximate surface area is 131 Å². The standard InChI is InChI=1S/C16H26N4O2/c1-18-8-4-14(5-9-18)19-7-2-3-13(11-19)15-6-10-20(17-15)12-16(21)22/h6,10,13-14H,2-5,7-9,11-12H2,1H3,(H,21,22). The highest BCUT2D eigenvalue weighted by Crippen LogP contribution is 2.29. The zero-order valence-electron chi connectivity index (χ0n) is 13.3.